The molecule has 0 radical (unpaired) electrons. The van der Waals surface area contributed by atoms with Gasteiger partial charge in [-0.15, -0.1) is 0 Å². The standard InChI is InChI=1S/C18H18FNO2/c1-20-8-7-18-11-4-5-12(19)17(18)22-16-14(21-2)6-3-10(15(16)18)9-13(11)20/h3-6,13,17H,7-9H2,1-2H3/t13-,17+,18+/m1/s1. The average molecular weight is 299 g/mol. The molecule has 2 aliphatic carbocycles. The van der Waals surface area contributed by atoms with Gasteiger partial charge < -0.3 is 9.47 Å². The number of allylic oxidation sites excluding steroid dienone is 2. The molecule has 5 rings (SSSR count). The zero-order valence-electron chi connectivity index (χ0n) is 12.7. The molecule has 4 aliphatic rings. The SMILES string of the molecule is COc1ccc2c3c1O[C@H]1C(F)=CC=C4[C@@H](C2)N(C)CC[C@]431. The van der Waals surface area contributed by atoms with E-state index in [0.29, 0.717) is 11.8 Å². The van der Waals surface area contributed by atoms with Crippen molar-refractivity contribution in [3.8, 4) is 11.5 Å². The molecule has 22 heavy (non-hydrogen) atoms. The number of hydrogen-bond donors (Lipinski definition) is 0. The van der Waals surface area contributed by atoms with Gasteiger partial charge in [0.25, 0.3) is 0 Å². The molecule has 2 heterocycles. The van der Waals surface area contributed by atoms with Crippen molar-refractivity contribution in [1.82, 2.24) is 4.90 Å². The zero-order chi connectivity index (χ0) is 15.1. The van der Waals surface area contributed by atoms with E-state index in [0.717, 1.165) is 25.1 Å². The normalized spacial score (nSPS) is 34.5. The van der Waals surface area contributed by atoms with Crippen LogP contribution in [0.4, 0.5) is 4.39 Å². The van der Waals surface area contributed by atoms with E-state index in [1.165, 1.54) is 16.7 Å². The lowest BCUT2D eigenvalue weighted by Crippen LogP contribution is -2.58. The summed E-state index contributed by atoms with van der Waals surface area (Å²) >= 11 is 0. The highest BCUT2D eigenvalue weighted by Crippen LogP contribution is 2.62. The second kappa shape index (κ2) is 3.93. The Bertz CT molecular complexity index is 754. The van der Waals surface area contributed by atoms with E-state index in [1.807, 2.05) is 12.1 Å². The highest BCUT2D eigenvalue weighted by molar-refractivity contribution is 5.67. The summed E-state index contributed by atoms with van der Waals surface area (Å²) in [7, 11) is 3.80. The lowest BCUT2D eigenvalue weighted by atomic mass is 9.57. The molecule has 3 atom stereocenters. The van der Waals surface area contributed by atoms with E-state index >= 15 is 0 Å². The third-order valence-electron chi connectivity index (χ3n) is 5.91. The topological polar surface area (TPSA) is 21.7 Å². The first-order valence-corrected chi connectivity index (χ1v) is 7.82. The second-order valence-electron chi connectivity index (χ2n) is 6.72. The lowest BCUT2D eigenvalue weighted by molar-refractivity contribution is 0.0983. The van der Waals surface area contributed by atoms with Crippen LogP contribution in [0.15, 0.2) is 35.7 Å². The van der Waals surface area contributed by atoms with Crippen molar-refractivity contribution >= 4 is 0 Å². The van der Waals surface area contributed by atoms with Gasteiger partial charge in [0.1, 0.15) is 5.83 Å². The van der Waals surface area contributed by atoms with Gasteiger partial charge in [-0.1, -0.05) is 12.1 Å². The van der Waals surface area contributed by atoms with Crippen LogP contribution in [0.3, 0.4) is 0 Å². The maximum Gasteiger partial charge on any atom is 0.166 e. The van der Waals surface area contributed by atoms with Gasteiger partial charge in [0.05, 0.1) is 12.5 Å². The Kier molecular flexibility index (Phi) is 2.27. The minimum Gasteiger partial charge on any atom is -0.493 e. The molecule has 1 saturated heterocycles. The molecule has 0 aromatic heterocycles. The molecule has 114 valence electrons. The summed E-state index contributed by atoms with van der Waals surface area (Å²) in [5.74, 6) is 1.30. The number of benzene rings is 1. The quantitative estimate of drug-likeness (QED) is 0.796. The fourth-order valence-corrected chi connectivity index (χ4v) is 4.91. The molecule has 4 heteroatoms. The summed E-state index contributed by atoms with van der Waals surface area (Å²) in [5.41, 5.74) is 3.44. The van der Waals surface area contributed by atoms with Crippen molar-refractivity contribution in [2.75, 3.05) is 20.7 Å². The van der Waals surface area contributed by atoms with Gasteiger partial charge in [0.2, 0.25) is 0 Å². The first kappa shape index (κ1) is 12.7. The summed E-state index contributed by atoms with van der Waals surface area (Å²) < 4.78 is 26.2. The highest BCUT2D eigenvalue weighted by Gasteiger charge is 2.61. The van der Waals surface area contributed by atoms with Crippen LogP contribution in [0, 0.1) is 0 Å². The maximum atomic E-state index is 14.6. The van der Waals surface area contributed by atoms with Gasteiger partial charge in [-0.3, -0.25) is 4.90 Å². The number of nitrogens with zero attached hydrogens (tertiary/aromatic N) is 1. The van der Waals surface area contributed by atoms with E-state index in [9.17, 15) is 4.39 Å². The predicted molar refractivity (Wildman–Crippen MR) is 81.1 cm³/mol. The summed E-state index contributed by atoms with van der Waals surface area (Å²) in [6.45, 7) is 0.964. The highest BCUT2D eigenvalue weighted by atomic mass is 19.1. The van der Waals surface area contributed by atoms with Gasteiger partial charge in [-0.2, -0.15) is 0 Å². The van der Waals surface area contributed by atoms with Crippen LogP contribution in [0.5, 0.6) is 11.5 Å². The van der Waals surface area contributed by atoms with Gasteiger partial charge in [0.15, 0.2) is 17.6 Å². The summed E-state index contributed by atoms with van der Waals surface area (Å²) in [6, 6.07) is 4.43. The first-order chi connectivity index (χ1) is 10.7. The fourth-order valence-electron chi connectivity index (χ4n) is 4.91. The Labute approximate surface area is 129 Å². The Morgan fingerprint density at radius 1 is 1.36 bits per heavy atom. The summed E-state index contributed by atoms with van der Waals surface area (Å²) in [4.78, 5) is 2.39. The molecule has 0 unspecified atom stereocenters. The van der Waals surface area contributed by atoms with E-state index in [2.05, 4.69) is 18.0 Å². The molecule has 1 aromatic rings. The number of methoxy groups -OCH3 is 1. The Morgan fingerprint density at radius 3 is 3.05 bits per heavy atom. The minimum absolute atomic E-state index is 0.168. The van der Waals surface area contributed by atoms with Crippen LogP contribution in [0.2, 0.25) is 0 Å². The van der Waals surface area contributed by atoms with Crippen molar-refractivity contribution in [2.24, 2.45) is 0 Å². The van der Waals surface area contributed by atoms with Crippen LogP contribution in [0.1, 0.15) is 17.5 Å². The fraction of sp³-hybridized carbons (Fsp3) is 0.444. The Hall–Kier alpha value is -1.81. The van der Waals surface area contributed by atoms with Crippen molar-refractivity contribution < 1.29 is 13.9 Å². The molecule has 1 fully saturated rings. The number of rotatable bonds is 1. The summed E-state index contributed by atoms with van der Waals surface area (Å²) in [6.07, 6.45) is 4.92. The average Bonchev–Trinajstić information content (AvgIpc) is 2.88. The molecule has 0 saturated carbocycles. The van der Waals surface area contributed by atoms with Gasteiger partial charge in [0, 0.05) is 11.6 Å². The Balaban J connectivity index is 1.86. The minimum atomic E-state index is -0.519. The number of ether oxygens (including phenoxy) is 2. The molecule has 2 bridgehead atoms. The lowest BCUT2D eigenvalue weighted by Gasteiger charge is -2.52. The monoisotopic (exact) mass is 299 g/mol. The van der Waals surface area contributed by atoms with E-state index in [1.54, 1.807) is 13.2 Å². The van der Waals surface area contributed by atoms with Crippen LogP contribution in [-0.2, 0) is 11.8 Å². The van der Waals surface area contributed by atoms with Crippen LogP contribution in [-0.4, -0.2) is 37.7 Å². The number of halogens is 1. The number of likely N-dealkylation sites (tertiary alicyclic amines) is 1. The zero-order valence-corrected chi connectivity index (χ0v) is 12.7. The van der Waals surface area contributed by atoms with E-state index < -0.39 is 6.10 Å². The van der Waals surface area contributed by atoms with Crippen molar-refractivity contribution in [3.05, 3.63) is 46.8 Å². The van der Waals surface area contributed by atoms with Gasteiger partial charge >= 0.3 is 0 Å². The number of hydrogen-bond acceptors (Lipinski definition) is 3. The molecule has 1 aromatic carbocycles. The maximum absolute atomic E-state index is 14.6. The Morgan fingerprint density at radius 2 is 2.23 bits per heavy atom. The molecule has 0 N–H and O–H groups in total. The van der Waals surface area contributed by atoms with Gasteiger partial charge in [-0.05, 0) is 49.7 Å². The van der Waals surface area contributed by atoms with Gasteiger partial charge in [-0.25, -0.2) is 4.39 Å². The van der Waals surface area contributed by atoms with Crippen LogP contribution >= 0.6 is 0 Å². The second-order valence-corrected chi connectivity index (χ2v) is 6.72. The van der Waals surface area contributed by atoms with E-state index in [-0.39, 0.29) is 11.2 Å². The smallest absolute Gasteiger partial charge is 0.166 e. The largest absolute Gasteiger partial charge is 0.493 e. The van der Waals surface area contributed by atoms with Crippen molar-refractivity contribution in [1.29, 1.82) is 0 Å². The van der Waals surface area contributed by atoms with Crippen molar-refractivity contribution in [3.63, 3.8) is 0 Å². The molecule has 1 spiro atoms. The van der Waals surface area contributed by atoms with Crippen molar-refractivity contribution in [2.45, 2.75) is 30.4 Å². The number of likely N-dealkylation sites (N-methyl/N-ethyl adjacent to an activating group) is 1. The molecule has 2 aliphatic heterocycles. The summed E-state index contributed by atoms with van der Waals surface area (Å²) in [5, 5.41) is 0. The third-order valence-corrected chi connectivity index (χ3v) is 5.91. The van der Waals surface area contributed by atoms with Crippen LogP contribution in [0.25, 0.3) is 0 Å². The molecule has 0 amide bonds. The molecular formula is C18H18FNO2. The first-order valence-electron chi connectivity index (χ1n) is 7.82. The van der Waals surface area contributed by atoms with Crippen LogP contribution < -0.4 is 9.47 Å². The van der Waals surface area contributed by atoms with E-state index in [4.69, 9.17) is 9.47 Å². The number of piperidine rings is 1. The third kappa shape index (κ3) is 1.23. The molecule has 3 nitrogen and oxygen atoms in total. The predicted octanol–water partition coefficient (Wildman–Crippen LogP) is 2.75. The molecular weight excluding hydrogens is 281 g/mol.